The average molecular weight is 334 g/mol. The Balaban J connectivity index is 1.56. The number of amides is 1. The fourth-order valence-corrected chi connectivity index (χ4v) is 2.68. The highest BCUT2D eigenvalue weighted by molar-refractivity contribution is 7.99. The zero-order valence-corrected chi connectivity index (χ0v) is 13.0. The molecule has 0 atom stereocenters. The highest BCUT2D eigenvalue weighted by Gasteiger charge is 2.12. The standard InChI is InChI=1S/C12H10N6O2S2/c1-7-15-17-11(22-7)14-9(19)6-21-12-18-16-10(20-12)8-2-4-13-5-3-8/h2-5H,6H2,1H3,(H,14,17,19). The number of nitrogens with one attached hydrogen (secondary N) is 1. The van der Waals surface area contributed by atoms with Gasteiger partial charge >= 0.3 is 0 Å². The second kappa shape index (κ2) is 6.62. The van der Waals surface area contributed by atoms with Gasteiger partial charge in [-0.25, -0.2) is 0 Å². The molecule has 0 unspecified atom stereocenters. The van der Waals surface area contributed by atoms with E-state index in [-0.39, 0.29) is 11.7 Å². The van der Waals surface area contributed by atoms with Crippen molar-refractivity contribution in [2.24, 2.45) is 0 Å². The van der Waals surface area contributed by atoms with Gasteiger partial charge in [-0.2, -0.15) is 0 Å². The van der Waals surface area contributed by atoms with E-state index in [0.29, 0.717) is 16.2 Å². The Labute approximate surface area is 133 Å². The highest BCUT2D eigenvalue weighted by Crippen LogP contribution is 2.22. The molecule has 3 aromatic rings. The number of hydrogen-bond acceptors (Lipinski definition) is 9. The predicted molar refractivity (Wildman–Crippen MR) is 81.5 cm³/mol. The lowest BCUT2D eigenvalue weighted by Gasteiger charge is -1.97. The Morgan fingerprint density at radius 1 is 1.27 bits per heavy atom. The Morgan fingerprint density at radius 2 is 2.09 bits per heavy atom. The number of aromatic nitrogens is 5. The summed E-state index contributed by atoms with van der Waals surface area (Å²) < 4.78 is 5.48. The van der Waals surface area contributed by atoms with Crippen LogP contribution < -0.4 is 5.32 Å². The third kappa shape index (κ3) is 3.65. The van der Waals surface area contributed by atoms with E-state index in [0.717, 1.165) is 22.3 Å². The van der Waals surface area contributed by atoms with Crippen LogP contribution in [0.4, 0.5) is 5.13 Å². The zero-order chi connectivity index (χ0) is 15.4. The Morgan fingerprint density at radius 3 is 2.82 bits per heavy atom. The van der Waals surface area contributed by atoms with E-state index in [4.69, 9.17) is 4.42 Å². The van der Waals surface area contributed by atoms with Crippen LogP contribution in [0.15, 0.2) is 34.2 Å². The second-order valence-corrected chi connectivity index (χ2v) is 6.18. The summed E-state index contributed by atoms with van der Waals surface area (Å²) in [6.45, 7) is 1.82. The number of rotatable bonds is 5. The number of carbonyl (C=O) groups is 1. The van der Waals surface area contributed by atoms with Crippen LogP contribution in [0.1, 0.15) is 5.01 Å². The van der Waals surface area contributed by atoms with Crippen molar-refractivity contribution in [1.29, 1.82) is 0 Å². The predicted octanol–water partition coefficient (Wildman–Crippen LogP) is 2.02. The number of hydrogen-bond donors (Lipinski definition) is 1. The fraction of sp³-hybridized carbons (Fsp3) is 0.167. The molecule has 0 radical (unpaired) electrons. The zero-order valence-electron chi connectivity index (χ0n) is 11.4. The monoisotopic (exact) mass is 334 g/mol. The summed E-state index contributed by atoms with van der Waals surface area (Å²) in [5.74, 6) is 0.339. The topological polar surface area (TPSA) is 107 Å². The van der Waals surface area contributed by atoms with E-state index >= 15 is 0 Å². The van der Waals surface area contributed by atoms with Crippen LogP contribution >= 0.6 is 23.1 Å². The molecule has 0 saturated heterocycles. The van der Waals surface area contributed by atoms with Gasteiger partial charge in [0.15, 0.2) is 0 Å². The maximum atomic E-state index is 11.8. The van der Waals surface area contributed by atoms with Crippen molar-refractivity contribution in [3.8, 4) is 11.5 Å². The molecule has 112 valence electrons. The second-order valence-electron chi connectivity index (χ2n) is 4.07. The molecule has 8 nitrogen and oxygen atoms in total. The lowest BCUT2D eigenvalue weighted by molar-refractivity contribution is -0.113. The minimum Gasteiger partial charge on any atom is -0.411 e. The van der Waals surface area contributed by atoms with E-state index in [9.17, 15) is 4.79 Å². The molecule has 0 saturated carbocycles. The molecule has 3 aromatic heterocycles. The van der Waals surface area contributed by atoms with Gasteiger partial charge in [-0.15, -0.1) is 20.4 Å². The quantitative estimate of drug-likeness (QED) is 0.706. The van der Waals surface area contributed by atoms with Gasteiger partial charge in [0.25, 0.3) is 5.22 Å². The maximum Gasteiger partial charge on any atom is 0.277 e. The Hall–Kier alpha value is -2.33. The van der Waals surface area contributed by atoms with E-state index in [1.54, 1.807) is 24.5 Å². The first kappa shape index (κ1) is 14.6. The molecule has 0 aliphatic rings. The van der Waals surface area contributed by atoms with Gasteiger partial charge in [0.05, 0.1) is 5.75 Å². The first-order chi connectivity index (χ1) is 10.7. The van der Waals surface area contributed by atoms with E-state index in [1.165, 1.54) is 11.3 Å². The van der Waals surface area contributed by atoms with Gasteiger partial charge in [-0.05, 0) is 19.1 Å². The van der Waals surface area contributed by atoms with E-state index in [2.05, 4.69) is 30.7 Å². The number of nitrogens with zero attached hydrogens (tertiary/aromatic N) is 5. The van der Waals surface area contributed by atoms with Crippen molar-refractivity contribution < 1.29 is 9.21 Å². The van der Waals surface area contributed by atoms with Crippen LogP contribution in [0.5, 0.6) is 0 Å². The van der Waals surface area contributed by atoms with Gasteiger partial charge in [-0.3, -0.25) is 15.1 Å². The molecule has 10 heteroatoms. The van der Waals surface area contributed by atoms with Gasteiger partial charge in [0, 0.05) is 18.0 Å². The van der Waals surface area contributed by atoms with Crippen LogP contribution in [0, 0.1) is 6.92 Å². The Kier molecular flexibility index (Phi) is 4.39. The van der Waals surface area contributed by atoms with Crippen LogP contribution in [-0.2, 0) is 4.79 Å². The van der Waals surface area contributed by atoms with Gasteiger partial charge < -0.3 is 4.42 Å². The van der Waals surface area contributed by atoms with Crippen molar-refractivity contribution in [3.05, 3.63) is 29.5 Å². The number of anilines is 1. The van der Waals surface area contributed by atoms with Crippen molar-refractivity contribution >= 4 is 34.1 Å². The highest BCUT2D eigenvalue weighted by atomic mass is 32.2. The SMILES string of the molecule is Cc1nnc(NC(=O)CSc2nnc(-c3ccncc3)o2)s1. The molecule has 0 fully saturated rings. The Bertz CT molecular complexity index is 773. The number of thioether (sulfide) groups is 1. The molecule has 1 N–H and O–H groups in total. The third-order valence-corrected chi connectivity index (χ3v) is 4.01. The molecule has 3 rings (SSSR count). The fourth-order valence-electron chi connectivity index (χ4n) is 1.51. The number of pyridine rings is 1. The summed E-state index contributed by atoms with van der Waals surface area (Å²) in [6.07, 6.45) is 3.29. The van der Waals surface area contributed by atoms with Gasteiger partial charge in [0.2, 0.25) is 16.9 Å². The van der Waals surface area contributed by atoms with Crippen LogP contribution in [-0.4, -0.2) is 37.0 Å². The summed E-state index contributed by atoms with van der Waals surface area (Å²) in [7, 11) is 0. The van der Waals surface area contributed by atoms with Crippen LogP contribution in [0.3, 0.4) is 0 Å². The van der Waals surface area contributed by atoms with E-state index in [1.807, 2.05) is 6.92 Å². The average Bonchev–Trinajstić information content (AvgIpc) is 3.15. The summed E-state index contributed by atoms with van der Waals surface area (Å²) in [4.78, 5) is 15.7. The molecule has 0 aliphatic heterocycles. The molecule has 0 aliphatic carbocycles. The number of aryl methyl sites for hydroxylation is 1. The molecular weight excluding hydrogens is 324 g/mol. The summed E-state index contributed by atoms with van der Waals surface area (Å²) >= 11 is 2.48. The van der Waals surface area contributed by atoms with Crippen molar-refractivity contribution in [3.63, 3.8) is 0 Å². The maximum absolute atomic E-state index is 11.8. The van der Waals surface area contributed by atoms with Gasteiger partial charge in [0.1, 0.15) is 5.01 Å². The molecule has 0 aromatic carbocycles. The minimum absolute atomic E-state index is 0.149. The minimum atomic E-state index is -0.204. The molecule has 1 amide bonds. The van der Waals surface area contributed by atoms with Crippen LogP contribution in [0.2, 0.25) is 0 Å². The molecular formula is C12H10N6O2S2. The summed E-state index contributed by atoms with van der Waals surface area (Å²) in [5.41, 5.74) is 0.781. The summed E-state index contributed by atoms with van der Waals surface area (Å²) in [6, 6.07) is 3.54. The van der Waals surface area contributed by atoms with Crippen molar-refractivity contribution in [1.82, 2.24) is 25.4 Å². The first-order valence-electron chi connectivity index (χ1n) is 6.17. The lowest BCUT2D eigenvalue weighted by atomic mass is 10.3. The van der Waals surface area contributed by atoms with Crippen LogP contribution in [0.25, 0.3) is 11.5 Å². The summed E-state index contributed by atoms with van der Waals surface area (Å²) in [5, 5.41) is 19.7. The molecule has 22 heavy (non-hydrogen) atoms. The molecule has 0 bridgehead atoms. The first-order valence-corrected chi connectivity index (χ1v) is 7.97. The lowest BCUT2D eigenvalue weighted by Crippen LogP contribution is -2.13. The normalized spacial score (nSPS) is 10.6. The smallest absolute Gasteiger partial charge is 0.277 e. The van der Waals surface area contributed by atoms with Crippen molar-refractivity contribution in [2.75, 3.05) is 11.1 Å². The largest absolute Gasteiger partial charge is 0.411 e. The molecule has 3 heterocycles. The van der Waals surface area contributed by atoms with Crippen molar-refractivity contribution in [2.45, 2.75) is 12.1 Å². The van der Waals surface area contributed by atoms with Gasteiger partial charge in [-0.1, -0.05) is 23.1 Å². The number of carbonyl (C=O) groups excluding carboxylic acids is 1. The molecule has 0 spiro atoms. The van der Waals surface area contributed by atoms with E-state index < -0.39 is 0 Å². The third-order valence-electron chi connectivity index (χ3n) is 2.43.